The smallest absolute Gasteiger partial charge is 0.120 e. The normalized spacial score (nSPS) is 11.5. The van der Waals surface area contributed by atoms with Crippen molar-refractivity contribution in [3.8, 4) is 11.8 Å². The molecule has 0 unspecified atom stereocenters. The van der Waals surface area contributed by atoms with Gasteiger partial charge in [-0.05, 0) is 31.5 Å². The molecule has 0 aliphatic heterocycles. The first-order chi connectivity index (χ1) is 10.8. The fourth-order valence-corrected chi connectivity index (χ4v) is 2.84. The summed E-state index contributed by atoms with van der Waals surface area (Å²) < 4.78 is 14.7. The Morgan fingerprint density at radius 1 is 1.38 bits per heavy atom. The maximum atomic E-state index is 8.78. The quantitative estimate of drug-likeness (QED) is 0.683. The molecule has 0 atom stereocenters. The summed E-state index contributed by atoms with van der Waals surface area (Å²) in [4.78, 5) is 4.40. The largest absolute Gasteiger partial charge is 0.497 e. The third-order valence-electron chi connectivity index (χ3n) is 3.76. The summed E-state index contributed by atoms with van der Waals surface area (Å²) in [6, 6.07) is 10.1. The first-order valence-corrected chi connectivity index (χ1v) is 6.93. The topological polar surface area (TPSA) is 50.8 Å². The minimum atomic E-state index is -0.0965. The molecule has 0 aliphatic rings. The van der Waals surface area contributed by atoms with Gasteiger partial charge in [-0.1, -0.05) is 0 Å². The van der Waals surface area contributed by atoms with Gasteiger partial charge in [-0.2, -0.15) is 5.26 Å². The highest BCUT2D eigenvalue weighted by atomic mass is 16.5. The Bertz CT molecular complexity index is 864. The zero-order valence-electron chi connectivity index (χ0n) is 13.0. The van der Waals surface area contributed by atoms with E-state index in [4.69, 9.17) is 11.4 Å². The third kappa shape index (κ3) is 2.21. The summed E-state index contributed by atoms with van der Waals surface area (Å²) in [6.45, 7) is 2.77. The molecular formula is C17H17N3O. The van der Waals surface area contributed by atoms with Crippen molar-refractivity contribution in [3.05, 3.63) is 36.2 Å². The number of nitriles is 1. The SMILES string of the molecule is [2H]COc1ccc2c3ccnc(C)c3n(CCCC#N)c2c1. The number of unbranched alkanes of at least 4 members (excludes halogenated alkanes) is 1. The van der Waals surface area contributed by atoms with Crippen molar-refractivity contribution in [3.63, 3.8) is 0 Å². The van der Waals surface area contributed by atoms with E-state index in [0.29, 0.717) is 12.2 Å². The number of aromatic nitrogens is 2. The van der Waals surface area contributed by atoms with Gasteiger partial charge >= 0.3 is 0 Å². The van der Waals surface area contributed by atoms with Gasteiger partial charge in [-0.25, -0.2) is 0 Å². The minimum Gasteiger partial charge on any atom is -0.497 e. The van der Waals surface area contributed by atoms with Crippen LogP contribution in [0.5, 0.6) is 5.75 Å². The molecule has 2 heterocycles. The molecule has 0 N–H and O–H groups in total. The molecule has 0 spiro atoms. The monoisotopic (exact) mass is 280 g/mol. The number of hydrogen-bond acceptors (Lipinski definition) is 3. The van der Waals surface area contributed by atoms with Gasteiger partial charge in [0.15, 0.2) is 0 Å². The molecule has 21 heavy (non-hydrogen) atoms. The van der Waals surface area contributed by atoms with E-state index in [0.717, 1.165) is 40.5 Å². The molecule has 4 heteroatoms. The van der Waals surface area contributed by atoms with Gasteiger partial charge in [0, 0.05) is 36.0 Å². The molecule has 1 aromatic carbocycles. The highest BCUT2D eigenvalue weighted by molar-refractivity contribution is 6.09. The van der Waals surface area contributed by atoms with E-state index >= 15 is 0 Å². The van der Waals surface area contributed by atoms with E-state index in [1.54, 1.807) is 0 Å². The standard InChI is InChI=1S/C17H17N3O/c1-12-17-15(7-9-19-12)14-6-5-13(21-2)11-16(14)20(17)10-4-3-8-18/h5-7,9,11H,3-4,10H2,1-2H3/i2D. The minimum absolute atomic E-state index is 0.0965. The number of nitrogens with zero attached hydrogens (tertiary/aromatic N) is 3. The molecule has 0 saturated carbocycles. The van der Waals surface area contributed by atoms with E-state index in [-0.39, 0.29) is 7.09 Å². The number of pyridine rings is 1. The maximum absolute atomic E-state index is 8.78. The number of hydrogen-bond donors (Lipinski definition) is 0. The second kappa shape index (κ2) is 5.45. The highest BCUT2D eigenvalue weighted by Crippen LogP contribution is 2.32. The molecular weight excluding hydrogens is 262 g/mol. The van der Waals surface area contributed by atoms with Crippen molar-refractivity contribution in [1.29, 1.82) is 5.26 Å². The van der Waals surface area contributed by atoms with E-state index in [9.17, 15) is 0 Å². The van der Waals surface area contributed by atoms with Crippen molar-refractivity contribution < 1.29 is 6.11 Å². The molecule has 0 aliphatic carbocycles. The Morgan fingerprint density at radius 3 is 3.10 bits per heavy atom. The van der Waals surface area contributed by atoms with E-state index in [1.807, 2.05) is 37.4 Å². The summed E-state index contributed by atoms with van der Waals surface area (Å²) in [5.41, 5.74) is 3.15. The van der Waals surface area contributed by atoms with Crippen LogP contribution in [0.3, 0.4) is 0 Å². The molecule has 0 fully saturated rings. The van der Waals surface area contributed by atoms with E-state index in [2.05, 4.69) is 15.6 Å². The lowest BCUT2D eigenvalue weighted by atomic mass is 10.1. The number of fused-ring (bicyclic) bond motifs is 3. The second-order valence-corrected chi connectivity index (χ2v) is 5.03. The highest BCUT2D eigenvalue weighted by Gasteiger charge is 2.13. The van der Waals surface area contributed by atoms with Crippen molar-refractivity contribution in [1.82, 2.24) is 9.55 Å². The molecule has 0 bridgehead atoms. The molecule has 2 aromatic heterocycles. The number of ether oxygens (including phenoxy) is 1. The van der Waals surface area contributed by atoms with Crippen LogP contribution in [0, 0.1) is 18.3 Å². The maximum Gasteiger partial charge on any atom is 0.120 e. The van der Waals surface area contributed by atoms with Crippen LogP contribution in [-0.2, 0) is 6.54 Å². The Morgan fingerprint density at radius 2 is 2.29 bits per heavy atom. The molecule has 0 saturated heterocycles. The van der Waals surface area contributed by atoms with Crippen molar-refractivity contribution >= 4 is 21.8 Å². The number of aryl methyl sites for hydroxylation is 2. The fraction of sp³-hybridized carbons (Fsp3) is 0.294. The predicted molar refractivity (Wildman–Crippen MR) is 83.4 cm³/mol. The first-order valence-electron chi connectivity index (χ1n) is 7.63. The van der Waals surface area contributed by atoms with E-state index in [1.165, 1.54) is 0 Å². The summed E-state index contributed by atoms with van der Waals surface area (Å²) >= 11 is 0. The number of rotatable bonds is 4. The Kier molecular flexibility index (Phi) is 3.17. The second-order valence-electron chi connectivity index (χ2n) is 5.03. The van der Waals surface area contributed by atoms with Gasteiger partial charge in [0.1, 0.15) is 5.75 Å². The average molecular weight is 280 g/mol. The van der Waals surface area contributed by atoms with Gasteiger partial charge in [-0.15, -0.1) is 0 Å². The Balaban J connectivity index is 2.24. The summed E-state index contributed by atoms with van der Waals surface area (Å²) in [6.07, 6.45) is 3.15. The van der Waals surface area contributed by atoms with Crippen LogP contribution in [-0.4, -0.2) is 16.6 Å². The van der Waals surface area contributed by atoms with E-state index < -0.39 is 0 Å². The van der Waals surface area contributed by atoms with Crippen LogP contribution in [0.15, 0.2) is 30.5 Å². The van der Waals surface area contributed by atoms with Crippen LogP contribution in [0.25, 0.3) is 21.8 Å². The lowest BCUT2D eigenvalue weighted by Gasteiger charge is -2.08. The number of benzene rings is 1. The average Bonchev–Trinajstić information content (AvgIpc) is 2.83. The predicted octanol–water partition coefficient (Wildman–Crippen LogP) is 3.81. The lowest BCUT2D eigenvalue weighted by molar-refractivity contribution is 0.415. The molecule has 106 valence electrons. The summed E-state index contributed by atoms with van der Waals surface area (Å²) in [5.74, 6) is 0.692. The summed E-state index contributed by atoms with van der Waals surface area (Å²) in [5, 5.41) is 11.1. The molecule has 0 amide bonds. The zero-order chi connectivity index (χ0) is 15.5. The zero-order valence-corrected chi connectivity index (χ0v) is 12.0. The van der Waals surface area contributed by atoms with Crippen LogP contribution < -0.4 is 4.74 Å². The molecule has 3 aromatic rings. The summed E-state index contributed by atoms with van der Waals surface area (Å²) in [7, 11) is -0.0965. The fourth-order valence-electron chi connectivity index (χ4n) is 2.84. The van der Waals surface area contributed by atoms with Gasteiger partial charge in [0.2, 0.25) is 0 Å². The van der Waals surface area contributed by atoms with Crippen LogP contribution in [0.2, 0.25) is 0 Å². The molecule has 4 nitrogen and oxygen atoms in total. The van der Waals surface area contributed by atoms with Gasteiger partial charge < -0.3 is 9.30 Å². The van der Waals surface area contributed by atoms with Gasteiger partial charge in [0.05, 0.1) is 31.3 Å². The van der Waals surface area contributed by atoms with Gasteiger partial charge in [0.25, 0.3) is 0 Å². The molecule has 3 rings (SSSR count). The number of methoxy groups -OCH3 is 1. The first kappa shape index (κ1) is 12.2. The Labute approximate surface area is 125 Å². The van der Waals surface area contributed by atoms with Crippen LogP contribution in [0.4, 0.5) is 0 Å². The van der Waals surface area contributed by atoms with Gasteiger partial charge in [-0.3, -0.25) is 4.98 Å². The van der Waals surface area contributed by atoms with Crippen molar-refractivity contribution in [2.24, 2.45) is 0 Å². The van der Waals surface area contributed by atoms with Crippen LogP contribution >= 0.6 is 0 Å². The van der Waals surface area contributed by atoms with Crippen molar-refractivity contribution in [2.45, 2.75) is 26.3 Å². The molecule has 0 radical (unpaired) electrons. The van der Waals surface area contributed by atoms with Crippen LogP contribution in [0.1, 0.15) is 19.9 Å². The third-order valence-corrected chi connectivity index (χ3v) is 3.76. The van der Waals surface area contributed by atoms with Crippen molar-refractivity contribution in [2.75, 3.05) is 7.09 Å². The Hall–Kier alpha value is -2.54. The lowest BCUT2D eigenvalue weighted by Crippen LogP contribution is -1.99.